The van der Waals surface area contributed by atoms with Gasteiger partial charge in [-0.25, -0.2) is 0 Å². The number of alkyl halides is 1. The first-order valence-corrected chi connectivity index (χ1v) is 8.60. The lowest BCUT2D eigenvalue weighted by Gasteiger charge is -2.05. The van der Waals surface area contributed by atoms with Gasteiger partial charge in [0.1, 0.15) is 0 Å². The highest BCUT2D eigenvalue weighted by molar-refractivity contribution is 9.09. The van der Waals surface area contributed by atoms with E-state index in [1.807, 2.05) is 6.07 Å². The molecule has 1 nitrogen and oxygen atoms in total. The van der Waals surface area contributed by atoms with Gasteiger partial charge in [0.05, 0.1) is 4.83 Å². The number of aromatic nitrogens is 1. The number of aromatic amines is 1. The minimum absolute atomic E-state index is 0.195. The minimum atomic E-state index is 0.195. The van der Waals surface area contributed by atoms with Gasteiger partial charge >= 0.3 is 0 Å². The first-order chi connectivity index (χ1) is 11.3. The molecule has 1 heterocycles. The number of hydrogen-bond donors (Lipinski definition) is 1. The molecule has 0 spiro atoms. The van der Waals surface area contributed by atoms with E-state index in [0.717, 1.165) is 0 Å². The average Bonchev–Trinajstić information content (AvgIpc) is 2.98. The maximum atomic E-state index is 3.78. The van der Waals surface area contributed by atoms with Crippen LogP contribution >= 0.6 is 15.9 Å². The monoisotopic (exact) mass is 361 g/mol. The molecule has 4 aromatic rings. The van der Waals surface area contributed by atoms with Crippen molar-refractivity contribution >= 4 is 43.8 Å². The zero-order valence-electron chi connectivity index (χ0n) is 12.5. The summed E-state index contributed by atoms with van der Waals surface area (Å²) in [7, 11) is 0. The lowest BCUT2D eigenvalue weighted by atomic mass is 10.1. The molecular weight excluding hydrogens is 346 g/mol. The van der Waals surface area contributed by atoms with E-state index in [0.29, 0.717) is 0 Å². The number of allylic oxidation sites excluding steroid dienone is 1. The predicted molar refractivity (Wildman–Crippen MR) is 103 cm³/mol. The molecule has 2 heteroatoms. The molecule has 0 amide bonds. The molecule has 1 unspecified atom stereocenters. The van der Waals surface area contributed by atoms with E-state index < -0.39 is 0 Å². The predicted octanol–water partition coefficient (Wildman–Crippen LogP) is 6.47. The third-order valence-corrected chi connectivity index (χ3v) is 4.94. The molecule has 0 radical (unpaired) electrons. The Morgan fingerprint density at radius 2 is 1.52 bits per heavy atom. The molecule has 3 aromatic carbocycles. The number of halogens is 1. The van der Waals surface area contributed by atoms with Crippen LogP contribution in [0.1, 0.15) is 16.0 Å². The van der Waals surface area contributed by atoms with Crippen LogP contribution in [0.2, 0.25) is 0 Å². The van der Waals surface area contributed by atoms with Crippen LogP contribution in [0, 0.1) is 0 Å². The Hall–Kier alpha value is -2.32. The summed E-state index contributed by atoms with van der Waals surface area (Å²) in [5.41, 5.74) is 4.84. The van der Waals surface area contributed by atoms with Crippen LogP contribution in [0.25, 0.3) is 27.9 Å². The Balaban J connectivity index is 1.71. The van der Waals surface area contributed by atoms with Crippen molar-refractivity contribution < 1.29 is 0 Å². The van der Waals surface area contributed by atoms with Crippen molar-refractivity contribution in [3.63, 3.8) is 0 Å². The molecule has 0 aliphatic heterocycles. The summed E-state index contributed by atoms with van der Waals surface area (Å²) in [4.78, 5) is 3.66. The maximum absolute atomic E-state index is 3.78. The second-order valence-electron chi connectivity index (χ2n) is 5.65. The summed E-state index contributed by atoms with van der Waals surface area (Å²) in [6, 6.07) is 25.4. The summed E-state index contributed by atoms with van der Waals surface area (Å²) in [6.45, 7) is 0. The van der Waals surface area contributed by atoms with Crippen LogP contribution in [0.5, 0.6) is 0 Å². The van der Waals surface area contributed by atoms with Crippen LogP contribution in [-0.2, 0) is 0 Å². The van der Waals surface area contributed by atoms with E-state index in [1.54, 1.807) is 0 Å². The minimum Gasteiger partial charge on any atom is -0.355 e. The highest BCUT2D eigenvalue weighted by Crippen LogP contribution is 2.31. The summed E-state index contributed by atoms with van der Waals surface area (Å²) in [6.07, 6.45) is 4.34. The smallest absolute Gasteiger partial charge is 0.0578 e. The molecule has 0 fully saturated rings. The number of nitrogens with one attached hydrogen (secondary N) is 1. The molecule has 0 bridgehead atoms. The molecule has 0 aliphatic rings. The first-order valence-electron chi connectivity index (χ1n) is 7.69. The van der Waals surface area contributed by atoms with Crippen LogP contribution < -0.4 is 0 Å². The van der Waals surface area contributed by atoms with E-state index in [4.69, 9.17) is 0 Å². The zero-order chi connectivity index (χ0) is 15.6. The third-order valence-electron chi connectivity index (χ3n) is 4.11. The Bertz CT molecular complexity index is 983. The molecule has 23 heavy (non-hydrogen) atoms. The van der Waals surface area contributed by atoms with Crippen LogP contribution in [-0.4, -0.2) is 4.98 Å². The van der Waals surface area contributed by atoms with Crippen LogP contribution in [0.4, 0.5) is 0 Å². The standard InChI is InChI=1S/C21H16BrN/c22-19(12-10-15-6-2-1-3-7-15)16-11-13-21-18(14-16)17-8-4-5-9-20(17)23-21/h1-14,19,23H/b12-10+. The Morgan fingerprint density at radius 3 is 2.39 bits per heavy atom. The number of H-pyrrole nitrogens is 1. The summed E-state index contributed by atoms with van der Waals surface area (Å²) >= 11 is 3.78. The van der Waals surface area contributed by atoms with Gasteiger partial charge in [-0.1, -0.05) is 82.7 Å². The molecular formula is C21H16BrN. The van der Waals surface area contributed by atoms with E-state index in [2.05, 4.69) is 99.8 Å². The molecule has 112 valence electrons. The van der Waals surface area contributed by atoms with Gasteiger partial charge in [-0.2, -0.15) is 0 Å². The SMILES string of the molecule is BrC(/C=C/c1ccccc1)c1ccc2[nH]c3ccccc3c2c1. The molecule has 1 aromatic heterocycles. The first kappa shape index (κ1) is 14.3. The van der Waals surface area contributed by atoms with Crippen molar-refractivity contribution in [3.05, 3.63) is 90.0 Å². The van der Waals surface area contributed by atoms with E-state index >= 15 is 0 Å². The van der Waals surface area contributed by atoms with Gasteiger partial charge in [-0.3, -0.25) is 0 Å². The van der Waals surface area contributed by atoms with Crippen molar-refractivity contribution in [2.75, 3.05) is 0 Å². The highest BCUT2D eigenvalue weighted by atomic mass is 79.9. The number of fused-ring (bicyclic) bond motifs is 3. The molecule has 0 aliphatic carbocycles. The normalized spacial score (nSPS) is 13.1. The van der Waals surface area contributed by atoms with Gasteiger partial charge in [0.25, 0.3) is 0 Å². The van der Waals surface area contributed by atoms with Gasteiger partial charge in [0.2, 0.25) is 0 Å². The van der Waals surface area contributed by atoms with E-state index in [9.17, 15) is 0 Å². The summed E-state index contributed by atoms with van der Waals surface area (Å²) in [5.74, 6) is 0. The third kappa shape index (κ3) is 2.82. The fraction of sp³-hybridized carbons (Fsp3) is 0.0476. The van der Waals surface area contributed by atoms with E-state index in [-0.39, 0.29) is 4.83 Å². The average molecular weight is 362 g/mol. The number of rotatable bonds is 3. The topological polar surface area (TPSA) is 15.8 Å². The fourth-order valence-corrected chi connectivity index (χ4v) is 3.35. The Kier molecular flexibility index (Phi) is 3.76. The molecule has 0 saturated carbocycles. The summed E-state index contributed by atoms with van der Waals surface area (Å²) < 4.78 is 0. The number of hydrogen-bond acceptors (Lipinski definition) is 0. The lowest BCUT2D eigenvalue weighted by molar-refractivity contribution is 1.27. The molecule has 1 atom stereocenters. The number of benzene rings is 3. The zero-order valence-corrected chi connectivity index (χ0v) is 14.1. The fourth-order valence-electron chi connectivity index (χ4n) is 2.91. The van der Waals surface area contributed by atoms with Crippen molar-refractivity contribution in [1.29, 1.82) is 0 Å². The van der Waals surface area contributed by atoms with Gasteiger partial charge in [0.15, 0.2) is 0 Å². The molecule has 1 N–H and O–H groups in total. The molecule has 4 rings (SSSR count). The second-order valence-corrected chi connectivity index (χ2v) is 6.63. The Labute approximate surface area is 143 Å². The Morgan fingerprint density at radius 1 is 0.783 bits per heavy atom. The lowest BCUT2D eigenvalue weighted by Crippen LogP contribution is -1.85. The quantitative estimate of drug-likeness (QED) is 0.402. The van der Waals surface area contributed by atoms with Crippen LogP contribution in [0.3, 0.4) is 0 Å². The van der Waals surface area contributed by atoms with Crippen LogP contribution in [0.15, 0.2) is 78.9 Å². The van der Waals surface area contributed by atoms with Gasteiger partial charge < -0.3 is 4.98 Å². The second kappa shape index (κ2) is 6.05. The van der Waals surface area contributed by atoms with Crippen molar-refractivity contribution in [3.8, 4) is 0 Å². The van der Waals surface area contributed by atoms with Crippen molar-refractivity contribution in [2.45, 2.75) is 4.83 Å². The van der Waals surface area contributed by atoms with Crippen molar-refractivity contribution in [1.82, 2.24) is 4.98 Å². The number of para-hydroxylation sites is 1. The highest BCUT2D eigenvalue weighted by Gasteiger charge is 2.08. The van der Waals surface area contributed by atoms with Gasteiger partial charge in [0, 0.05) is 21.8 Å². The maximum Gasteiger partial charge on any atom is 0.0578 e. The summed E-state index contributed by atoms with van der Waals surface area (Å²) in [5, 5.41) is 2.55. The largest absolute Gasteiger partial charge is 0.355 e. The van der Waals surface area contributed by atoms with Gasteiger partial charge in [-0.15, -0.1) is 0 Å². The van der Waals surface area contributed by atoms with Gasteiger partial charge in [-0.05, 0) is 29.3 Å². The van der Waals surface area contributed by atoms with E-state index in [1.165, 1.54) is 32.9 Å². The van der Waals surface area contributed by atoms with Crippen molar-refractivity contribution in [2.24, 2.45) is 0 Å². The molecule has 0 saturated heterocycles.